The van der Waals surface area contributed by atoms with Crippen molar-refractivity contribution in [3.05, 3.63) is 48.5 Å². The first-order chi connectivity index (χ1) is 14.6. The zero-order valence-corrected chi connectivity index (χ0v) is 17.3. The molecule has 1 N–H and O–H groups in total. The SMILES string of the molecule is COc1cccc(Oc2ccc(NC(=O)C3CCC(=O)N(C4CCCC4)C3)cc2)c1. The summed E-state index contributed by atoms with van der Waals surface area (Å²) in [6.45, 7) is 0.534. The first-order valence-corrected chi connectivity index (χ1v) is 10.6. The summed E-state index contributed by atoms with van der Waals surface area (Å²) in [7, 11) is 1.62. The van der Waals surface area contributed by atoms with E-state index in [0.29, 0.717) is 36.9 Å². The fraction of sp³-hybridized carbons (Fsp3) is 0.417. The molecular formula is C24H28N2O4. The van der Waals surface area contributed by atoms with Crippen molar-refractivity contribution in [2.75, 3.05) is 19.0 Å². The van der Waals surface area contributed by atoms with Gasteiger partial charge in [0.05, 0.1) is 13.0 Å². The summed E-state index contributed by atoms with van der Waals surface area (Å²) >= 11 is 0. The minimum Gasteiger partial charge on any atom is -0.497 e. The van der Waals surface area contributed by atoms with Gasteiger partial charge in [-0.2, -0.15) is 0 Å². The van der Waals surface area contributed by atoms with E-state index in [1.54, 1.807) is 7.11 Å². The standard InChI is InChI=1S/C24H28N2O4/c1-29-21-7-4-8-22(15-21)30-20-12-10-18(11-13-20)25-24(28)17-9-14-23(27)26(16-17)19-5-2-3-6-19/h4,7-8,10-13,15,17,19H,2-3,5-6,9,14,16H2,1H3,(H,25,28). The fourth-order valence-corrected chi connectivity index (χ4v) is 4.31. The van der Waals surface area contributed by atoms with Crippen molar-refractivity contribution >= 4 is 17.5 Å². The molecule has 6 nitrogen and oxygen atoms in total. The highest BCUT2D eigenvalue weighted by atomic mass is 16.5. The Morgan fingerprint density at radius 1 is 1.00 bits per heavy atom. The predicted octanol–water partition coefficient (Wildman–Crippen LogP) is 4.61. The minimum absolute atomic E-state index is 0.0213. The number of rotatable bonds is 6. The molecule has 6 heteroatoms. The highest BCUT2D eigenvalue weighted by Crippen LogP contribution is 2.30. The number of likely N-dealkylation sites (tertiary alicyclic amines) is 1. The molecule has 1 atom stereocenters. The second-order valence-electron chi connectivity index (χ2n) is 8.01. The molecule has 30 heavy (non-hydrogen) atoms. The Kier molecular flexibility index (Phi) is 6.21. The lowest BCUT2D eigenvalue weighted by molar-refractivity contribution is -0.139. The molecule has 1 unspecified atom stereocenters. The molecule has 0 spiro atoms. The number of piperidine rings is 1. The van der Waals surface area contributed by atoms with E-state index in [-0.39, 0.29) is 17.7 Å². The lowest BCUT2D eigenvalue weighted by Gasteiger charge is -2.36. The van der Waals surface area contributed by atoms with Gasteiger partial charge >= 0.3 is 0 Å². The van der Waals surface area contributed by atoms with Crippen LogP contribution in [0.4, 0.5) is 5.69 Å². The van der Waals surface area contributed by atoms with E-state index in [1.807, 2.05) is 53.4 Å². The van der Waals surface area contributed by atoms with E-state index in [1.165, 1.54) is 12.8 Å². The second kappa shape index (κ2) is 9.20. The molecule has 158 valence electrons. The van der Waals surface area contributed by atoms with Gasteiger partial charge in [0.25, 0.3) is 0 Å². The van der Waals surface area contributed by atoms with E-state index in [2.05, 4.69) is 5.32 Å². The number of methoxy groups -OCH3 is 1. The number of nitrogens with zero attached hydrogens (tertiary/aromatic N) is 1. The van der Waals surface area contributed by atoms with Crippen LogP contribution in [-0.2, 0) is 9.59 Å². The number of anilines is 1. The Morgan fingerprint density at radius 3 is 2.47 bits per heavy atom. The van der Waals surface area contributed by atoms with Crippen molar-refractivity contribution in [3.8, 4) is 17.2 Å². The molecule has 0 radical (unpaired) electrons. The third-order valence-electron chi connectivity index (χ3n) is 5.98. The molecule has 0 aromatic heterocycles. The predicted molar refractivity (Wildman–Crippen MR) is 115 cm³/mol. The lowest BCUT2D eigenvalue weighted by Crippen LogP contribution is -2.48. The minimum atomic E-state index is -0.156. The number of hydrogen-bond acceptors (Lipinski definition) is 4. The van der Waals surface area contributed by atoms with Gasteiger partial charge in [0.2, 0.25) is 11.8 Å². The smallest absolute Gasteiger partial charge is 0.229 e. The molecule has 1 heterocycles. The summed E-state index contributed by atoms with van der Waals surface area (Å²) < 4.78 is 11.1. The Labute approximate surface area is 177 Å². The van der Waals surface area contributed by atoms with Crippen LogP contribution in [0.3, 0.4) is 0 Å². The maximum absolute atomic E-state index is 12.8. The van der Waals surface area contributed by atoms with Gasteiger partial charge in [-0.05, 0) is 55.7 Å². The van der Waals surface area contributed by atoms with Crippen molar-refractivity contribution in [2.24, 2.45) is 5.92 Å². The third-order valence-corrected chi connectivity index (χ3v) is 5.98. The van der Waals surface area contributed by atoms with Gasteiger partial charge in [0.15, 0.2) is 0 Å². The number of benzene rings is 2. The Bertz CT molecular complexity index is 890. The third kappa shape index (κ3) is 4.75. The van der Waals surface area contributed by atoms with Crippen LogP contribution in [0.1, 0.15) is 38.5 Å². The highest BCUT2D eigenvalue weighted by Gasteiger charge is 2.35. The number of nitrogens with one attached hydrogen (secondary N) is 1. The number of ether oxygens (including phenoxy) is 2. The van der Waals surface area contributed by atoms with E-state index in [0.717, 1.165) is 24.3 Å². The molecule has 2 amide bonds. The molecule has 1 aliphatic carbocycles. The summed E-state index contributed by atoms with van der Waals surface area (Å²) in [5.41, 5.74) is 0.724. The normalized spacial score (nSPS) is 19.6. The van der Waals surface area contributed by atoms with Gasteiger partial charge in [-0.3, -0.25) is 9.59 Å². The second-order valence-corrected chi connectivity index (χ2v) is 8.01. The zero-order valence-electron chi connectivity index (χ0n) is 17.3. The Hall–Kier alpha value is -3.02. The lowest BCUT2D eigenvalue weighted by atomic mass is 9.94. The monoisotopic (exact) mass is 408 g/mol. The average molecular weight is 408 g/mol. The van der Waals surface area contributed by atoms with Crippen LogP contribution in [0.15, 0.2) is 48.5 Å². The van der Waals surface area contributed by atoms with Gasteiger partial charge < -0.3 is 19.7 Å². The van der Waals surface area contributed by atoms with Crippen LogP contribution in [0.5, 0.6) is 17.2 Å². The number of carbonyl (C=O) groups excluding carboxylic acids is 2. The van der Waals surface area contributed by atoms with Crippen molar-refractivity contribution in [3.63, 3.8) is 0 Å². The summed E-state index contributed by atoms with van der Waals surface area (Å²) in [4.78, 5) is 27.0. The van der Waals surface area contributed by atoms with Crippen LogP contribution in [0.2, 0.25) is 0 Å². The molecule has 1 saturated carbocycles. The molecule has 1 aliphatic heterocycles. The van der Waals surface area contributed by atoms with Crippen molar-refractivity contribution in [2.45, 2.75) is 44.6 Å². The topological polar surface area (TPSA) is 67.9 Å². The Balaban J connectivity index is 1.34. The number of carbonyl (C=O) groups is 2. The van der Waals surface area contributed by atoms with Gasteiger partial charge in [0.1, 0.15) is 17.2 Å². The molecular weight excluding hydrogens is 380 g/mol. The van der Waals surface area contributed by atoms with Crippen LogP contribution < -0.4 is 14.8 Å². The van der Waals surface area contributed by atoms with Gasteiger partial charge in [-0.1, -0.05) is 18.9 Å². The molecule has 2 aliphatic rings. The van der Waals surface area contributed by atoms with Crippen LogP contribution in [-0.4, -0.2) is 36.4 Å². The van der Waals surface area contributed by atoms with Gasteiger partial charge in [-0.15, -0.1) is 0 Å². The van der Waals surface area contributed by atoms with E-state index >= 15 is 0 Å². The molecule has 2 aromatic rings. The van der Waals surface area contributed by atoms with E-state index in [9.17, 15) is 9.59 Å². The van der Waals surface area contributed by atoms with Gasteiger partial charge in [0, 0.05) is 30.8 Å². The fourth-order valence-electron chi connectivity index (χ4n) is 4.31. The summed E-state index contributed by atoms with van der Waals surface area (Å²) in [5, 5.41) is 2.99. The van der Waals surface area contributed by atoms with Crippen molar-refractivity contribution < 1.29 is 19.1 Å². The maximum atomic E-state index is 12.8. The number of amides is 2. The van der Waals surface area contributed by atoms with Crippen LogP contribution in [0, 0.1) is 5.92 Å². The zero-order chi connectivity index (χ0) is 20.9. The van der Waals surface area contributed by atoms with E-state index < -0.39 is 0 Å². The molecule has 0 bridgehead atoms. The molecule has 2 aromatic carbocycles. The largest absolute Gasteiger partial charge is 0.497 e. The quantitative estimate of drug-likeness (QED) is 0.758. The van der Waals surface area contributed by atoms with Gasteiger partial charge in [-0.25, -0.2) is 0 Å². The van der Waals surface area contributed by atoms with Crippen molar-refractivity contribution in [1.82, 2.24) is 4.90 Å². The number of hydrogen-bond donors (Lipinski definition) is 1. The van der Waals surface area contributed by atoms with Crippen molar-refractivity contribution in [1.29, 1.82) is 0 Å². The first-order valence-electron chi connectivity index (χ1n) is 10.6. The molecule has 2 fully saturated rings. The summed E-state index contributed by atoms with van der Waals surface area (Å²) in [5.74, 6) is 2.11. The maximum Gasteiger partial charge on any atom is 0.229 e. The molecule has 4 rings (SSSR count). The first kappa shape index (κ1) is 20.3. The Morgan fingerprint density at radius 2 is 1.73 bits per heavy atom. The summed E-state index contributed by atoms with van der Waals surface area (Å²) in [6, 6.07) is 15.0. The molecule has 1 saturated heterocycles. The van der Waals surface area contributed by atoms with Crippen LogP contribution in [0.25, 0.3) is 0 Å². The average Bonchev–Trinajstić information content (AvgIpc) is 3.30. The van der Waals surface area contributed by atoms with E-state index in [4.69, 9.17) is 9.47 Å². The highest BCUT2D eigenvalue weighted by molar-refractivity contribution is 5.94. The van der Waals surface area contributed by atoms with Crippen LogP contribution >= 0.6 is 0 Å². The summed E-state index contributed by atoms with van der Waals surface area (Å²) in [6.07, 6.45) is 5.56.